The van der Waals surface area contributed by atoms with Gasteiger partial charge in [-0.1, -0.05) is 11.6 Å². The van der Waals surface area contributed by atoms with Crippen LogP contribution < -0.4 is 5.43 Å². The van der Waals surface area contributed by atoms with E-state index in [-0.39, 0.29) is 5.91 Å². The predicted octanol–water partition coefficient (Wildman–Crippen LogP) is 1.98. The molecule has 3 heterocycles. The lowest BCUT2D eigenvalue weighted by atomic mass is 10.0. The zero-order valence-electron chi connectivity index (χ0n) is 9.72. The molecule has 0 atom stereocenters. The van der Waals surface area contributed by atoms with Gasteiger partial charge in [-0.15, -0.1) is 0 Å². The average molecular weight is 273 g/mol. The Balaban J connectivity index is 2.01. The van der Waals surface area contributed by atoms with Gasteiger partial charge in [0.15, 0.2) is 0 Å². The number of nitrogens with one attached hydrogen (secondary N) is 2. The van der Waals surface area contributed by atoms with E-state index in [9.17, 15) is 4.79 Å². The van der Waals surface area contributed by atoms with Crippen LogP contribution in [0, 0.1) is 0 Å². The van der Waals surface area contributed by atoms with Crippen LogP contribution in [0.15, 0.2) is 47.5 Å². The van der Waals surface area contributed by atoms with E-state index < -0.39 is 0 Å². The second-order valence-corrected chi connectivity index (χ2v) is 4.41. The Labute approximate surface area is 114 Å². The van der Waals surface area contributed by atoms with Gasteiger partial charge in [-0.2, -0.15) is 5.10 Å². The SMILES string of the molecule is O=C1NN=C(c2cccnc2)/C1=C\c1cc(Cl)c[nH]1. The topological polar surface area (TPSA) is 70.1 Å². The maximum atomic E-state index is 11.8. The number of nitrogens with zero attached hydrogens (tertiary/aromatic N) is 2. The fourth-order valence-corrected chi connectivity index (χ4v) is 1.99. The van der Waals surface area contributed by atoms with Crippen LogP contribution in [0.3, 0.4) is 0 Å². The molecule has 0 spiro atoms. The van der Waals surface area contributed by atoms with Gasteiger partial charge in [0.2, 0.25) is 0 Å². The summed E-state index contributed by atoms with van der Waals surface area (Å²) in [5.74, 6) is -0.246. The van der Waals surface area contributed by atoms with Gasteiger partial charge in [-0.3, -0.25) is 9.78 Å². The summed E-state index contributed by atoms with van der Waals surface area (Å²) in [5.41, 5.74) is 5.03. The third kappa shape index (κ3) is 2.28. The molecule has 0 radical (unpaired) electrons. The fourth-order valence-electron chi connectivity index (χ4n) is 1.81. The van der Waals surface area contributed by atoms with E-state index in [0.717, 1.165) is 11.3 Å². The molecule has 0 saturated heterocycles. The van der Waals surface area contributed by atoms with Crippen molar-refractivity contribution in [3.8, 4) is 0 Å². The minimum atomic E-state index is -0.246. The van der Waals surface area contributed by atoms with Crippen LogP contribution in [0.4, 0.5) is 0 Å². The van der Waals surface area contributed by atoms with Gasteiger partial charge in [0.1, 0.15) is 5.71 Å². The molecule has 0 bridgehead atoms. The molecule has 1 aliphatic heterocycles. The first-order valence-electron chi connectivity index (χ1n) is 5.58. The molecule has 0 aliphatic carbocycles. The number of H-pyrrole nitrogens is 1. The number of pyridine rings is 1. The molecule has 1 aliphatic rings. The third-order valence-corrected chi connectivity index (χ3v) is 2.89. The van der Waals surface area contributed by atoms with Crippen LogP contribution in [0.1, 0.15) is 11.3 Å². The summed E-state index contributed by atoms with van der Waals surface area (Å²) >= 11 is 5.83. The maximum Gasteiger partial charge on any atom is 0.273 e. The second-order valence-electron chi connectivity index (χ2n) is 3.97. The van der Waals surface area contributed by atoms with Crippen LogP contribution in [0.2, 0.25) is 5.02 Å². The molecule has 0 aromatic carbocycles. The number of rotatable bonds is 2. The summed E-state index contributed by atoms with van der Waals surface area (Å²) < 4.78 is 0. The van der Waals surface area contributed by atoms with Gasteiger partial charge in [-0.25, -0.2) is 5.43 Å². The lowest BCUT2D eigenvalue weighted by molar-refractivity contribution is -0.116. The van der Waals surface area contributed by atoms with E-state index in [0.29, 0.717) is 16.3 Å². The number of carbonyl (C=O) groups excluding carboxylic acids is 1. The Bertz CT molecular complexity index is 688. The van der Waals surface area contributed by atoms with Crippen molar-refractivity contribution in [3.05, 3.63) is 58.6 Å². The van der Waals surface area contributed by atoms with E-state index in [1.165, 1.54) is 0 Å². The first kappa shape index (κ1) is 11.7. The summed E-state index contributed by atoms with van der Waals surface area (Å²) in [6.45, 7) is 0. The van der Waals surface area contributed by atoms with Gasteiger partial charge < -0.3 is 4.98 Å². The molecular weight excluding hydrogens is 264 g/mol. The molecule has 0 unspecified atom stereocenters. The molecule has 94 valence electrons. The van der Waals surface area contributed by atoms with E-state index in [4.69, 9.17) is 11.6 Å². The van der Waals surface area contributed by atoms with Crippen molar-refractivity contribution in [3.63, 3.8) is 0 Å². The molecule has 0 fully saturated rings. The lowest BCUT2D eigenvalue weighted by Gasteiger charge is -2.00. The van der Waals surface area contributed by atoms with Crippen LogP contribution in [-0.4, -0.2) is 21.6 Å². The Morgan fingerprint density at radius 3 is 2.95 bits per heavy atom. The predicted molar refractivity (Wildman–Crippen MR) is 72.7 cm³/mol. The summed E-state index contributed by atoms with van der Waals surface area (Å²) in [7, 11) is 0. The Hall–Kier alpha value is -2.40. The van der Waals surface area contributed by atoms with Gasteiger partial charge >= 0.3 is 0 Å². The van der Waals surface area contributed by atoms with E-state index >= 15 is 0 Å². The highest BCUT2D eigenvalue weighted by molar-refractivity contribution is 6.33. The molecule has 19 heavy (non-hydrogen) atoms. The van der Waals surface area contributed by atoms with Crippen molar-refractivity contribution in [2.75, 3.05) is 0 Å². The maximum absolute atomic E-state index is 11.8. The van der Waals surface area contributed by atoms with E-state index in [2.05, 4.69) is 20.5 Å². The lowest BCUT2D eigenvalue weighted by Crippen LogP contribution is -2.13. The van der Waals surface area contributed by atoms with Crippen molar-refractivity contribution in [1.29, 1.82) is 0 Å². The molecule has 2 aromatic rings. The zero-order chi connectivity index (χ0) is 13.2. The van der Waals surface area contributed by atoms with Crippen LogP contribution >= 0.6 is 11.6 Å². The van der Waals surface area contributed by atoms with Crippen LogP contribution in [0.5, 0.6) is 0 Å². The number of hydrazone groups is 1. The standard InChI is InChI=1S/C13H9ClN4O/c14-9-4-10(16-7-9)5-11-12(17-18-13(11)19)8-2-1-3-15-6-8/h1-7,16H,(H,18,19)/b11-5+. The molecule has 2 N–H and O–H groups in total. The molecular formula is C13H9ClN4O. The largest absolute Gasteiger partial charge is 0.360 e. The first-order chi connectivity index (χ1) is 9.24. The second kappa shape index (κ2) is 4.70. The smallest absolute Gasteiger partial charge is 0.273 e. The third-order valence-electron chi connectivity index (χ3n) is 2.67. The molecule has 6 heteroatoms. The van der Waals surface area contributed by atoms with E-state index in [1.807, 2.05) is 6.07 Å². The number of hydrogen-bond donors (Lipinski definition) is 2. The first-order valence-corrected chi connectivity index (χ1v) is 5.96. The van der Waals surface area contributed by atoms with Crippen LogP contribution in [0.25, 0.3) is 6.08 Å². The normalized spacial score (nSPS) is 16.6. The molecule has 1 amide bonds. The monoisotopic (exact) mass is 272 g/mol. The quantitative estimate of drug-likeness (QED) is 0.821. The number of aromatic amines is 1. The summed E-state index contributed by atoms with van der Waals surface area (Å²) in [5, 5.41) is 4.62. The Kier molecular flexibility index (Phi) is 2.89. The summed E-state index contributed by atoms with van der Waals surface area (Å²) in [4.78, 5) is 18.8. The molecule has 3 rings (SSSR count). The number of aromatic nitrogens is 2. The highest BCUT2D eigenvalue weighted by Gasteiger charge is 2.24. The number of hydrogen-bond acceptors (Lipinski definition) is 3. The molecule has 2 aromatic heterocycles. The van der Waals surface area contributed by atoms with E-state index in [1.54, 1.807) is 36.8 Å². The van der Waals surface area contributed by atoms with Crippen molar-refractivity contribution < 1.29 is 4.79 Å². The summed E-state index contributed by atoms with van der Waals surface area (Å²) in [6, 6.07) is 5.38. The van der Waals surface area contributed by atoms with Crippen molar-refractivity contribution in [2.45, 2.75) is 0 Å². The van der Waals surface area contributed by atoms with Gasteiger partial charge in [0.25, 0.3) is 5.91 Å². The van der Waals surface area contributed by atoms with Gasteiger partial charge in [0.05, 0.1) is 10.6 Å². The van der Waals surface area contributed by atoms with Crippen LogP contribution in [-0.2, 0) is 4.79 Å². The highest BCUT2D eigenvalue weighted by atomic mass is 35.5. The molecule has 5 nitrogen and oxygen atoms in total. The number of halogens is 1. The van der Waals surface area contributed by atoms with Gasteiger partial charge in [-0.05, 0) is 24.3 Å². The number of carbonyl (C=O) groups is 1. The van der Waals surface area contributed by atoms with Gasteiger partial charge in [0, 0.05) is 29.8 Å². The summed E-state index contributed by atoms with van der Waals surface area (Å²) in [6.07, 6.45) is 6.69. The zero-order valence-corrected chi connectivity index (χ0v) is 10.5. The van der Waals surface area contributed by atoms with Crippen molar-refractivity contribution in [2.24, 2.45) is 5.10 Å². The Morgan fingerprint density at radius 1 is 1.37 bits per heavy atom. The molecule has 0 saturated carbocycles. The van der Waals surface area contributed by atoms with Crippen molar-refractivity contribution >= 4 is 29.3 Å². The minimum Gasteiger partial charge on any atom is -0.360 e. The fraction of sp³-hybridized carbons (Fsp3) is 0. The average Bonchev–Trinajstić information content (AvgIpc) is 2.99. The van der Waals surface area contributed by atoms with Crippen molar-refractivity contribution in [1.82, 2.24) is 15.4 Å². The minimum absolute atomic E-state index is 0.246. The highest BCUT2D eigenvalue weighted by Crippen LogP contribution is 2.18. The Morgan fingerprint density at radius 2 is 2.26 bits per heavy atom. The number of amides is 1.